The number of morpholine rings is 1. The largest absolute Gasteiger partial charge is 0.396 e. The van der Waals surface area contributed by atoms with E-state index in [1.165, 1.54) is 0 Å². The molecule has 1 saturated heterocycles. The van der Waals surface area contributed by atoms with Crippen LogP contribution in [0, 0.1) is 0 Å². The Morgan fingerprint density at radius 2 is 2.08 bits per heavy atom. The van der Waals surface area contributed by atoms with Crippen LogP contribution in [-0.2, 0) is 9.53 Å². The molecule has 76 valence electrons. The number of ether oxygens (including phenoxy) is 1. The molecule has 5 heteroatoms. The van der Waals surface area contributed by atoms with Crippen LogP contribution in [0.15, 0.2) is 0 Å². The summed E-state index contributed by atoms with van der Waals surface area (Å²) in [5.41, 5.74) is 0. The number of hydrogen-bond donors (Lipinski definition) is 2. The van der Waals surface area contributed by atoms with Gasteiger partial charge in [-0.1, -0.05) is 0 Å². The number of amides is 1. The molecule has 1 aliphatic heterocycles. The first-order chi connectivity index (χ1) is 6.25. The molecule has 0 aromatic heterocycles. The van der Waals surface area contributed by atoms with Crippen molar-refractivity contribution in [3.8, 4) is 0 Å². The maximum absolute atomic E-state index is 11.4. The van der Waals surface area contributed by atoms with E-state index >= 15 is 0 Å². The van der Waals surface area contributed by atoms with Crippen LogP contribution in [0.25, 0.3) is 0 Å². The molecular weight excluding hydrogens is 174 g/mol. The Balaban J connectivity index is 2.36. The fourth-order valence-corrected chi connectivity index (χ4v) is 1.24. The second-order valence-corrected chi connectivity index (χ2v) is 2.97. The van der Waals surface area contributed by atoms with E-state index in [0.717, 1.165) is 0 Å². The number of nitrogens with zero attached hydrogens (tertiary/aromatic N) is 1. The minimum Gasteiger partial charge on any atom is -0.396 e. The Morgan fingerprint density at radius 3 is 2.62 bits per heavy atom. The Kier molecular flexibility index (Phi) is 4.14. The van der Waals surface area contributed by atoms with Gasteiger partial charge in [-0.05, 0) is 0 Å². The first-order valence-electron chi connectivity index (χ1n) is 4.41. The molecule has 0 aliphatic carbocycles. The molecule has 1 unspecified atom stereocenters. The van der Waals surface area contributed by atoms with Crippen molar-refractivity contribution in [3.63, 3.8) is 0 Å². The number of aliphatic hydroxyl groups is 2. The maximum Gasteiger partial charge on any atom is 0.251 e. The highest BCUT2D eigenvalue weighted by Crippen LogP contribution is 2.02. The lowest BCUT2D eigenvalue weighted by atomic mass is 10.2. The van der Waals surface area contributed by atoms with Crippen LogP contribution in [0.3, 0.4) is 0 Å². The van der Waals surface area contributed by atoms with E-state index in [4.69, 9.17) is 9.84 Å². The highest BCUT2D eigenvalue weighted by atomic mass is 16.5. The van der Waals surface area contributed by atoms with Crippen LogP contribution < -0.4 is 0 Å². The molecule has 1 fully saturated rings. The predicted octanol–water partition coefficient (Wildman–Crippen LogP) is -1.41. The number of rotatable bonds is 3. The fraction of sp³-hybridized carbons (Fsp3) is 0.875. The predicted molar refractivity (Wildman–Crippen MR) is 45.1 cm³/mol. The third-order valence-corrected chi connectivity index (χ3v) is 2.01. The van der Waals surface area contributed by atoms with Crippen molar-refractivity contribution < 1.29 is 19.7 Å². The van der Waals surface area contributed by atoms with E-state index < -0.39 is 6.10 Å². The molecule has 0 bridgehead atoms. The van der Waals surface area contributed by atoms with Crippen LogP contribution in [-0.4, -0.2) is 60.0 Å². The van der Waals surface area contributed by atoms with Gasteiger partial charge < -0.3 is 19.8 Å². The van der Waals surface area contributed by atoms with Crippen molar-refractivity contribution in [1.29, 1.82) is 0 Å². The van der Waals surface area contributed by atoms with Crippen molar-refractivity contribution in [2.45, 2.75) is 12.5 Å². The van der Waals surface area contributed by atoms with Gasteiger partial charge in [0.15, 0.2) is 0 Å². The number of carbonyl (C=O) groups excluding carboxylic acids is 1. The normalized spacial score (nSPS) is 20.0. The van der Waals surface area contributed by atoms with Crippen LogP contribution in [0.5, 0.6) is 0 Å². The minimum atomic E-state index is -1.07. The van der Waals surface area contributed by atoms with E-state index in [2.05, 4.69) is 0 Å². The van der Waals surface area contributed by atoms with Crippen molar-refractivity contribution in [1.82, 2.24) is 4.90 Å². The van der Waals surface area contributed by atoms with Crippen LogP contribution in [0.4, 0.5) is 0 Å². The smallest absolute Gasteiger partial charge is 0.251 e. The SMILES string of the molecule is O=C(C(O)CCO)N1CCOCC1. The van der Waals surface area contributed by atoms with Crippen LogP contribution >= 0.6 is 0 Å². The monoisotopic (exact) mass is 189 g/mol. The Labute approximate surface area is 76.9 Å². The zero-order chi connectivity index (χ0) is 9.68. The van der Waals surface area contributed by atoms with Gasteiger partial charge in [0.2, 0.25) is 0 Å². The lowest BCUT2D eigenvalue weighted by Crippen LogP contribution is -2.45. The standard InChI is InChI=1S/C8H15NO4/c10-4-1-7(11)8(12)9-2-5-13-6-3-9/h7,10-11H,1-6H2. The zero-order valence-electron chi connectivity index (χ0n) is 7.48. The Morgan fingerprint density at radius 1 is 1.46 bits per heavy atom. The van der Waals surface area contributed by atoms with Gasteiger partial charge in [0, 0.05) is 26.1 Å². The first kappa shape index (κ1) is 10.4. The van der Waals surface area contributed by atoms with Gasteiger partial charge in [-0.3, -0.25) is 4.79 Å². The summed E-state index contributed by atoms with van der Waals surface area (Å²) in [4.78, 5) is 13.0. The molecule has 1 amide bonds. The van der Waals surface area contributed by atoms with E-state index in [-0.39, 0.29) is 18.9 Å². The average Bonchev–Trinajstić information content (AvgIpc) is 2.18. The zero-order valence-corrected chi connectivity index (χ0v) is 7.48. The molecule has 2 N–H and O–H groups in total. The van der Waals surface area contributed by atoms with Crippen molar-refractivity contribution in [3.05, 3.63) is 0 Å². The molecule has 0 aromatic rings. The van der Waals surface area contributed by atoms with Gasteiger partial charge in [-0.25, -0.2) is 0 Å². The summed E-state index contributed by atoms with van der Waals surface area (Å²) in [6.07, 6.45) is -0.959. The summed E-state index contributed by atoms with van der Waals surface area (Å²) < 4.78 is 5.06. The van der Waals surface area contributed by atoms with Gasteiger partial charge in [-0.15, -0.1) is 0 Å². The highest BCUT2D eigenvalue weighted by molar-refractivity contribution is 5.80. The minimum absolute atomic E-state index is 0.107. The van der Waals surface area contributed by atoms with Crippen molar-refractivity contribution >= 4 is 5.91 Å². The maximum atomic E-state index is 11.4. The summed E-state index contributed by atoms with van der Waals surface area (Å²) in [5, 5.41) is 17.8. The quantitative estimate of drug-likeness (QED) is 0.572. The summed E-state index contributed by atoms with van der Waals surface area (Å²) in [6.45, 7) is 1.94. The molecule has 0 saturated carbocycles. The molecule has 0 radical (unpaired) electrons. The molecule has 5 nitrogen and oxygen atoms in total. The summed E-state index contributed by atoms with van der Waals surface area (Å²) >= 11 is 0. The Bertz CT molecular complexity index is 168. The average molecular weight is 189 g/mol. The molecule has 1 heterocycles. The summed E-state index contributed by atoms with van der Waals surface area (Å²) in [6, 6.07) is 0. The molecule has 1 atom stereocenters. The molecule has 1 aliphatic rings. The van der Waals surface area contributed by atoms with Gasteiger partial charge in [0.25, 0.3) is 5.91 Å². The van der Waals surface area contributed by atoms with Gasteiger partial charge >= 0.3 is 0 Å². The number of carbonyl (C=O) groups is 1. The topological polar surface area (TPSA) is 70.0 Å². The lowest BCUT2D eigenvalue weighted by molar-refractivity contribution is -0.145. The van der Waals surface area contributed by atoms with E-state index in [9.17, 15) is 9.90 Å². The Hall–Kier alpha value is -0.650. The lowest BCUT2D eigenvalue weighted by Gasteiger charge is -2.28. The van der Waals surface area contributed by atoms with Gasteiger partial charge in [0.1, 0.15) is 6.10 Å². The highest BCUT2D eigenvalue weighted by Gasteiger charge is 2.22. The summed E-state index contributed by atoms with van der Waals surface area (Å²) in [7, 11) is 0. The molecule has 0 spiro atoms. The molecule has 1 rings (SSSR count). The van der Waals surface area contributed by atoms with Crippen LogP contribution in [0.2, 0.25) is 0 Å². The molecule has 13 heavy (non-hydrogen) atoms. The second kappa shape index (κ2) is 5.16. The second-order valence-electron chi connectivity index (χ2n) is 2.97. The molecule has 0 aromatic carbocycles. The van der Waals surface area contributed by atoms with E-state index in [1.807, 2.05) is 0 Å². The number of aliphatic hydroxyl groups excluding tert-OH is 2. The third kappa shape index (κ3) is 2.95. The first-order valence-corrected chi connectivity index (χ1v) is 4.41. The summed E-state index contributed by atoms with van der Waals surface area (Å²) in [5.74, 6) is -0.308. The number of hydrogen-bond acceptors (Lipinski definition) is 4. The molecular formula is C8H15NO4. The van der Waals surface area contributed by atoms with Crippen LogP contribution in [0.1, 0.15) is 6.42 Å². The fourth-order valence-electron chi connectivity index (χ4n) is 1.24. The van der Waals surface area contributed by atoms with E-state index in [1.54, 1.807) is 4.90 Å². The van der Waals surface area contributed by atoms with Crippen molar-refractivity contribution in [2.24, 2.45) is 0 Å². The van der Waals surface area contributed by atoms with Gasteiger partial charge in [0.05, 0.1) is 13.2 Å². The van der Waals surface area contributed by atoms with Gasteiger partial charge in [-0.2, -0.15) is 0 Å². The van der Waals surface area contributed by atoms with Crippen molar-refractivity contribution in [2.75, 3.05) is 32.9 Å². The third-order valence-electron chi connectivity index (χ3n) is 2.01. The van der Waals surface area contributed by atoms with E-state index in [0.29, 0.717) is 26.3 Å².